The average molecular weight is 470 g/mol. The van der Waals surface area contributed by atoms with Crippen LogP contribution in [0.1, 0.15) is 24.8 Å². The molecule has 1 aromatic carbocycles. The van der Waals surface area contributed by atoms with E-state index >= 15 is 0 Å². The first kappa shape index (κ1) is 20.6. The molecule has 8 heteroatoms. The summed E-state index contributed by atoms with van der Waals surface area (Å²) in [6.07, 6.45) is 5.17. The molecule has 0 bridgehead atoms. The van der Waals surface area contributed by atoms with Crippen molar-refractivity contribution in [3.63, 3.8) is 0 Å². The zero-order valence-corrected chi connectivity index (χ0v) is 17.4. The molecular formula is C18H27IN6O. The first-order chi connectivity index (χ1) is 12.3. The number of rotatable bonds is 9. The van der Waals surface area contributed by atoms with Crippen molar-refractivity contribution in [2.24, 2.45) is 10.9 Å². The largest absolute Gasteiger partial charge is 0.381 e. The molecule has 1 aliphatic carbocycles. The normalized spacial score (nSPS) is 14.0. The fraction of sp³-hybridized carbons (Fsp3) is 0.500. The molecule has 3 N–H and O–H groups in total. The highest BCUT2D eigenvalue weighted by atomic mass is 127. The maximum Gasteiger partial charge on any atom is 0.191 e. The number of H-pyrrole nitrogens is 1. The molecule has 0 aliphatic heterocycles. The molecule has 0 atom stereocenters. The highest BCUT2D eigenvalue weighted by molar-refractivity contribution is 14.0. The maximum absolute atomic E-state index is 5.64. The Bertz CT molecular complexity index is 672. The van der Waals surface area contributed by atoms with E-state index in [4.69, 9.17) is 4.74 Å². The lowest BCUT2D eigenvalue weighted by Gasteiger charge is -2.12. The van der Waals surface area contributed by atoms with Gasteiger partial charge >= 0.3 is 0 Å². The summed E-state index contributed by atoms with van der Waals surface area (Å²) in [5.74, 6) is 2.40. The second kappa shape index (κ2) is 11.1. The summed E-state index contributed by atoms with van der Waals surface area (Å²) in [7, 11) is 1.78. The van der Waals surface area contributed by atoms with E-state index in [9.17, 15) is 0 Å². The lowest BCUT2D eigenvalue weighted by Crippen LogP contribution is -2.37. The first-order valence-electron chi connectivity index (χ1n) is 8.82. The smallest absolute Gasteiger partial charge is 0.191 e. The predicted octanol–water partition coefficient (Wildman–Crippen LogP) is 2.57. The number of nitrogens with zero attached hydrogens (tertiary/aromatic N) is 3. The summed E-state index contributed by atoms with van der Waals surface area (Å²) in [6.45, 7) is 3.27. The van der Waals surface area contributed by atoms with Crippen LogP contribution in [0.25, 0.3) is 11.4 Å². The second-order valence-electron chi connectivity index (χ2n) is 6.26. The van der Waals surface area contributed by atoms with Gasteiger partial charge in [0.1, 0.15) is 6.33 Å². The molecule has 7 nitrogen and oxygen atoms in total. The molecule has 1 saturated carbocycles. The topological polar surface area (TPSA) is 87.2 Å². The number of halogens is 1. The van der Waals surface area contributed by atoms with Crippen LogP contribution in [0.3, 0.4) is 0 Å². The Labute approximate surface area is 171 Å². The monoisotopic (exact) mass is 470 g/mol. The minimum atomic E-state index is 0. The highest BCUT2D eigenvalue weighted by Gasteiger charge is 2.20. The molecule has 1 aliphatic rings. The third-order valence-electron chi connectivity index (χ3n) is 4.11. The number of aromatic nitrogens is 3. The number of hydrogen-bond donors (Lipinski definition) is 3. The van der Waals surface area contributed by atoms with Crippen molar-refractivity contribution in [1.82, 2.24) is 25.8 Å². The van der Waals surface area contributed by atoms with Gasteiger partial charge in [0.15, 0.2) is 11.8 Å². The molecule has 2 aromatic rings. The lowest BCUT2D eigenvalue weighted by atomic mass is 10.1. The molecule has 0 saturated heterocycles. The third-order valence-corrected chi connectivity index (χ3v) is 4.11. The minimum Gasteiger partial charge on any atom is -0.381 e. The highest BCUT2D eigenvalue weighted by Crippen LogP contribution is 2.28. The Hall–Kier alpha value is -1.68. The van der Waals surface area contributed by atoms with Gasteiger partial charge in [-0.25, -0.2) is 4.98 Å². The summed E-state index contributed by atoms with van der Waals surface area (Å²) in [6, 6.07) is 8.19. The number of guanidine groups is 1. The van der Waals surface area contributed by atoms with E-state index in [1.165, 1.54) is 19.2 Å². The van der Waals surface area contributed by atoms with Gasteiger partial charge in [-0.05, 0) is 36.8 Å². The van der Waals surface area contributed by atoms with Crippen molar-refractivity contribution in [3.05, 3.63) is 36.2 Å². The number of aromatic amines is 1. The van der Waals surface area contributed by atoms with Crippen LogP contribution in [-0.2, 0) is 11.3 Å². The van der Waals surface area contributed by atoms with Gasteiger partial charge in [0.2, 0.25) is 0 Å². The van der Waals surface area contributed by atoms with Gasteiger partial charge in [-0.1, -0.05) is 18.2 Å². The summed E-state index contributed by atoms with van der Waals surface area (Å²) >= 11 is 0. The van der Waals surface area contributed by atoms with Crippen LogP contribution in [0.2, 0.25) is 0 Å². The first-order valence-corrected chi connectivity index (χ1v) is 8.82. The predicted molar refractivity (Wildman–Crippen MR) is 114 cm³/mol. The molecule has 26 heavy (non-hydrogen) atoms. The molecule has 1 heterocycles. The van der Waals surface area contributed by atoms with E-state index in [1.807, 2.05) is 12.1 Å². The molecular weight excluding hydrogens is 443 g/mol. The Morgan fingerprint density at radius 2 is 2.23 bits per heavy atom. The van der Waals surface area contributed by atoms with Gasteiger partial charge in [-0.3, -0.25) is 10.1 Å². The van der Waals surface area contributed by atoms with Gasteiger partial charge in [-0.15, -0.1) is 24.0 Å². The third kappa shape index (κ3) is 6.91. The standard InChI is InChI=1S/C18H26N6O.HI/c1-19-18(20-8-3-9-25-12-14-6-7-14)21-11-15-4-2-5-16(10-15)17-22-13-23-24-17;/h2,4-5,10,13-14H,3,6-9,11-12H2,1H3,(H2,19,20,21)(H,22,23,24);1H. The number of benzene rings is 1. The number of aliphatic imine (C=N–C) groups is 1. The van der Waals surface area contributed by atoms with Crippen LogP contribution < -0.4 is 10.6 Å². The molecule has 3 rings (SSSR count). The number of ether oxygens (including phenoxy) is 1. The van der Waals surface area contributed by atoms with Crippen molar-refractivity contribution < 1.29 is 4.74 Å². The minimum absolute atomic E-state index is 0. The molecule has 0 spiro atoms. The van der Waals surface area contributed by atoms with Crippen LogP contribution >= 0.6 is 24.0 Å². The summed E-state index contributed by atoms with van der Waals surface area (Å²) in [5.41, 5.74) is 2.18. The Morgan fingerprint density at radius 3 is 2.96 bits per heavy atom. The number of nitrogens with one attached hydrogen (secondary N) is 3. The van der Waals surface area contributed by atoms with Crippen molar-refractivity contribution in [3.8, 4) is 11.4 Å². The van der Waals surface area contributed by atoms with Crippen LogP contribution in [0.15, 0.2) is 35.6 Å². The van der Waals surface area contributed by atoms with E-state index < -0.39 is 0 Å². The molecule has 0 radical (unpaired) electrons. The van der Waals surface area contributed by atoms with E-state index in [2.05, 4.69) is 42.9 Å². The van der Waals surface area contributed by atoms with Gasteiger partial charge < -0.3 is 15.4 Å². The van der Waals surface area contributed by atoms with Crippen LogP contribution in [0.5, 0.6) is 0 Å². The molecule has 0 amide bonds. The fourth-order valence-corrected chi connectivity index (χ4v) is 2.50. The number of hydrogen-bond acceptors (Lipinski definition) is 4. The zero-order chi connectivity index (χ0) is 17.3. The van der Waals surface area contributed by atoms with Crippen LogP contribution in [0.4, 0.5) is 0 Å². The molecule has 142 valence electrons. The summed E-state index contributed by atoms with van der Waals surface area (Å²) < 4.78 is 5.64. The fourth-order valence-electron chi connectivity index (χ4n) is 2.50. The van der Waals surface area contributed by atoms with Crippen molar-refractivity contribution in [2.45, 2.75) is 25.8 Å². The van der Waals surface area contributed by atoms with Gasteiger partial charge in [0, 0.05) is 38.9 Å². The quantitative estimate of drug-likeness (QED) is 0.227. The van der Waals surface area contributed by atoms with Crippen molar-refractivity contribution in [2.75, 3.05) is 26.8 Å². The average Bonchev–Trinajstić information content (AvgIpc) is 3.30. The Morgan fingerprint density at radius 1 is 1.35 bits per heavy atom. The molecule has 0 unspecified atom stereocenters. The van der Waals surface area contributed by atoms with E-state index in [0.29, 0.717) is 6.54 Å². The lowest BCUT2D eigenvalue weighted by molar-refractivity contribution is 0.123. The summed E-state index contributed by atoms with van der Waals surface area (Å²) in [5, 5.41) is 13.4. The van der Waals surface area contributed by atoms with Gasteiger partial charge in [0.05, 0.1) is 0 Å². The van der Waals surface area contributed by atoms with E-state index in [0.717, 1.165) is 55.0 Å². The summed E-state index contributed by atoms with van der Waals surface area (Å²) in [4.78, 5) is 8.44. The Kier molecular flexibility index (Phi) is 8.82. The van der Waals surface area contributed by atoms with Crippen LogP contribution in [-0.4, -0.2) is 47.9 Å². The van der Waals surface area contributed by atoms with Gasteiger partial charge in [-0.2, -0.15) is 5.10 Å². The van der Waals surface area contributed by atoms with E-state index in [-0.39, 0.29) is 24.0 Å². The molecule has 1 fully saturated rings. The molecule has 1 aromatic heterocycles. The van der Waals surface area contributed by atoms with E-state index in [1.54, 1.807) is 7.05 Å². The van der Waals surface area contributed by atoms with Crippen LogP contribution in [0, 0.1) is 5.92 Å². The van der Waals surface area contributed by atoms with Crippen molar-refractivity contribution >= 4 is 29.9 Å². The maximum atomic E-state index is 5.64. The Balaban J connectivity index is 0.00000243. The van der Waals surface area contributed by atoms with Crippen molar-refractivity contribution in [1.29, 1.82) is 0 Å². The second-order valence-corrected chi connectivity index (χ2v) is 6.26. The van der Waals surface area contributed by atoms with Gasteiger partial charge in [0.25, 0.3) is 0 Å². The zero-order valence-electron chi connectivity index (χ0n) is 15.1. The SMILES string of the molecule is CN=C(NCCCOCC1CC1)NCc1cccc(-c2ncn[nH]2)c1.I.